The fraction of sp³-hybridized carbons (Fsp3) is 0.500. The highest BCUT2D eigenvalue weighted by Gasteiger charge is 2.28. The largest absolute Gasteiger partial charge is 0.389 e. The molecule has 2 rings (SSSR count). The number of hydrogen-bond acceptors (Lipinski definition) is 5. The lowest BCUT2D eigenvalue weighted by Crippen LogP contribution is -2.35. The number of rotatable bonds is 4. The molecule has 1 saturated heterocycles. The fourth-order valence-corrected chi connectivity index (χ4v) is 2.60. The third kappa shape index (κ3) is 3.49. The van der Waals surface area contributed by atoms with Crippen molar-refractivity contribution in [3.05, 3.63) is 33.9 Å². The van der Waals surface area contributed by atoms with Gasteiger partial charge in [0, 0.05) is 32.1 Å². The summed E-state index contributed by atoms with van der Waals surface area (Å²) >= 11 is 0. The molecule has 0 aromatic heterocycles. The molecule has 1 aromatic carbocycles. The van der Waals surface area contributed by atoms with Crippen LogP contribution in [0.4, 0.5) is 11.4 Å². The van der Waals surface area contributed by atoms with Crippen molar-refractivity contribution in [1.29, 1.82) is 0 Å². The summed E-state index contributed by atoms with van der Waals surface area (Å²) in [4.78, 5) is 23.8. The third-order valence-electron chi connectivity index (χ3n) is 3.61. The summed E-state index contributed by atoms with van der Waals surface area (Å²) in [6.07, 6.45) is 0.0120. The molecule has 1 aromatic rings. The molecule has 0 radical (unpaired) electrons. The number of benzene rings is 1. The maximum absolute atomic E-state index is 11.2. The highest BCUT2D eigenvalue weighted by Crippen LogP contribution is 2.33. The lowest BCUT2D eigenvalue weighted by molar-refractivity contribution is -0.384. The zero-order valence-corrected chi connectivity index (χ0v) is 12.1. The van der Waals surface area contributed by atoms with Crippen LogP contribution in [0, 0.1) is 10.1 Å². The molecule has 1 amide bonds. The minimum absolute atomic E-state index is 0.0125. The number of hydrogen-bond donors (Lipinski definition) is 2. The fourth-order valence-electron chi connectivity index (χ4n) is 2.60. The van der Waals surface area contributed by atoms with Gasteiger partial charge in [-0.05, 0) is 25.0 Å². The maximum atomic E-state index is 11.2. The number of carbonyl (C=O) groups is 1. The van der Waals surface area contributed by atoms with Gasteiger partial charge in [0.2, 0.25) is 5.91 Å². The Hall–Kier alpha value is -2.15. The molecular formula is C14H19N3O4. The van der Waals surface area contributed by atoms with Gasteiger partial charge in [-0.1, -0.05) is 6.07 Å². The molecule has 1 fully saturated rings. The van der Waals surface area contributed by atoms with Crippen molar-refractivity contribution in [2.45, 2.75) is 32.4 Å². The van der Waals surface area contributed by atoms with E-state index in [1.165, 1.54) is 13.0 Å². The Bertz CT molecular complexity index is 559. The maximum Gasteiger partial charge on any atom is 0.292 e. The second-order valence-corrected chi connectivity index (χ2v) is 5.31. The van der Waals surface area contributed by atoms with E-state index in [1.54, 1.807) is 19.1 Å². The summed E-state index contributed by atoms with van der Waals surface area (Å²) in [5, 5.41) is 23.6. The monoisotopic (exact) mass is 293 g/mol. The zero-order chi connectivity index (χ0) is 15.6. The first kappa shape index (κ1) is 15.2. The van der Waals surface area contributed by atoms with Crippen molar-refractivity contribution in [3.8, 4) is 0 Å². The van der Waals surface area contributed by atoms with E-state index in [9.17, 15) is 20.0 Å². The van der Waals surface area contributed by atoms with Crippen molar-refractivity contribution in [2.75, 3.05) is 18.0 Å². The van der Waals surface area contributed by atoms with Gasteiger partial charge in [0.05, 0.1) is 11.0 Å². The Balaban J connectivity index is 2.24. The molecule has 7 nitrogen and oxygen atoms in total. The Morgan fingerprint density at radius 1 is 1.57 bits per heavy atom. The molecular weight excluding hydrogens is 274 g/mol. The molecule has 114 valence electrons. The second-order valence-electron chi connectivity index (χ2n) is 5.31. The lowest BCUT2D eigenvalue weighted by atomic mass is 10.1. The van der Waals surface area contributed by atoms with Gasteiger partial charge in [0.15, 0.2) is 0 Å². The quantitative estimate of drug-likeness (QED) is 0.645. The van der Waals surface area contributed by atoms with Gasteiger partial charge in [-0.3, -0.25) is 14.9 Å². The van der Waals surface area contributed by atoms with Crippen LogP contribution in [-0.2, 0) is 4.79 Å². The number of nitro groups is 1. The van der Waals surface area contributed by atoms with Crippen LogP contribution in [0.5, 0.6) is 0 Å². The van der Waals surface area contributed by atoms with Gasteiger partial charge in [-0.2, -0.15) is 0 Å². The van der Waals surface area contributed by atoms with E-state index < -0.39 is 11.0 Å². The molecule has 2 N–H and O–H groups in total. The van der Waals surface area contributed by atoms with E-state index in [1.807, 2.05) is 4.90 Å². The van der Waals surface area contributed by atoms with Crippen LogP contribution in [-0.4, -0.2) is 35.1 Å². The van der Waals surface area contributed by atoms with Crippen molar-refractivity contribution < 1.29 is 14.8 Å². The van der Waals surface area contributed by atoms with Crippen LogP contribution in [0.15, 0.2) is 18.2 Å². The minimum Gasteiger partial charge on any atom is -0.389 e. The number of nitrogens with one attached hydrogen (secondary N) is 1. The van der Waals surface area contributed by atoms with Gasteiger partial charge >= 0.3 is 0 Å². The highest BCUT2D eigenvalue weighted by atomic mass is 16.6. The topological polar surface area (TPSA) is 95.7 Å². The minimum atomic E-state index is -0.747. The zero-order valence-electron chi connectivity index (χ0n) is 12.1. The predicted molar refractivity (Wildman–Crippen MR) is 78.2 cm³/mol. The van der Waals surface area contributed by atoms with Crippen LogP contribution in [0.25, 0.3) is 0 Å². The van der Waals surface area contributed by atoms with Crippen LogP contribution in [0.3, 0.4) is 0 Å². The predicted octanol–water partition coefficient (Wildman–Crippen LogP) is 1.36. The smallest absolute Gasteiger partial charge is 0.292 e. The summed E-state index contributed by atoms with van der Waals surface area (Å²) in [5.74, 6) is -0.0965. The number of nitro benzene ring substituents is 1. The molecule has 2 unspecified atom stereocenters. The molecule has 1 aliphatic heterocycles. The number of amides is 1. The van der Waals surface area contributed by atoms with Gasteiger partial charge in [0.1, 0.15) is 5.69 Å². The lowest BCUT2D eigenvalue weighted by Gasteiger charge is -2.19. The average molecular weight is 293 g/mol. The molecule has 7 heteroatoms. The van der Waals surface area contributed by atoms with E-state index >= 15 is 0 Å². The first-order valence-corrected chi connectivity index (χ1v) is 6.87. The number of aliphatic hydroxyl groups is 1. The van der Waals surface area contributed by atoms with Gasteiger partial charge in [-0.25, -0.2) is 0 Å². The Kier molecular flexibility index (Phi) is 4.42. The van der Waals surface area contributed by atoms with Crippen molar-refractivity contribution >= 4 is 17.3 Å². The van der Waals surface area contributed by atoms with E-state index in [4.69, 9.17) is 0 Å². The average Bonchev–Trinajstić information content (AvgIpc) is 2.85. The molecule has 0 spiro atoms. The Morgan fingerprint density at radius 2 is 2.29 bits per heavy atom. The molecule has 0 bridgehead atoms. The Labute approximate surface area is 122 Å². The second kappa shape index (κ2) is 6.09. The number of aliphatic hydroxyl groups excluding tert-OH is 1. The summed E-state index contributed by atoms with van der Waals surface area (Å²) in [5.41, 5.74) is 1.03. The van der Waals surface area contributed by atoms with Crippen LogP contribution >= 0.6 is 0 Å². The van der Waals surface area contributed by atoms with E-state index in [2.05, 4.69) is 5.32 Å². The van der Waals surface area contributed by atoms with Crippen LogP contribution in [0.1, 0.15) is 31.9 Å². The molecule has 1 aliphatic rings. The van der Waals surface area contributed by atoms with Crippen molar-refractivity contribution in [1.82, 2.24) is 5.32 Å². The standard InChI is InChI=1S/C14H19N3O4/c1-9(18)11-3-4-13(14(7-11)17(20)21)16-6-5-12(8-16)15-10(2)19/h3-4,7,9,12,18H,5-6,8H2,1-2H3,(H,15,19). The molecule has 0 aliphatic carbocycles. The number of anilines is 1. The first-order valence-electron chi connectivity index (χ1n) is 6.87. The van der Waals surface area contributed by atoms with E-state index in [-0.39, 0.29) is 17.6 Å². The summed E-state index contributed by atoms with van der Waals surface area (Å²) in [7, 11) is 0. The summed E-state index contributed by atoms with van der Waals surface area (Å²) in [6.45, 7) is 4.23. The van der Waals surface area contributed by atoms with Gasteiger partial charge < -0.3 is 15.3 Å². The number of carbonyl (C=O) groups excluding carboxylic acids is 1. The SMILES string of the molecule is CC(=O)NC1CCN(c2ccc(C(C)O)cc2[N+](=O)[O-])C1. The first-order chi connectivity index (χ1) is 9.88. The summed E-state index contributed by atoms with van der Waals surface area (Å²) in [6, 6.07) is 4.78. The van der Waals surface area contributed by atoms with Gasteiger partial charge in [0.25, 0.3) is 5.69 Å². The van der Waals surface area contributed by atoms with E-state index in [0.717, 1.165) is 6.42 Å². The van der Waals surface area contributed by atoms with E-state index in [0.29, 0.717) is 24.3 Å². The van der Waals surface area contributed by atoms with Crippen LogP contribution < -0.4 is 10.2 Å². The molecule has 0 saturated carbocycles. The van der Waals surface area contributed by atoms with Crippen molar-refractivity contribution in [3.63, 3.8) is 0 Å². The van der Waals surface area contributed by atoms with Crippen molar-refractivity contribution in [2.24, 2.45) is 0 Å². The Morgan fingerprint density at radius 3 is 2.86 bits per heavy atom. The molecule has 2 atom stereocenters. The molecule has 21 heavy (non-hydrogen) atoms. The van der Waals surface area contributed by atoms with Crippen LogP contribution in [0.2, 0.25) is 0 Å². The highest BCUT2D eigenvalue weighted by molar-refractivity contribution is 5.73. The third-order valence-corrected chi connectivity index (χ3v) is 3.61. The molecule has 1 heterocycles. The number of nitrogens with zero attached hydrogens (tertiary/aromatic N) is 2. The summed E-state index contributed by atoms with van der Waals surface area (Å²) < 4.78 is 0. The van der Waals surface area contributed by atoms with Gasteiger partial charge in [-0.15, -0.1) is 0 Å². The normalized spacial score (nSPS) is 19.4.